The van der Waals surface area contributed by atoms with Gasteiger partial charge < -0.3 is 14.7 Å². The second kappa shape index (κ2) is 7.65. The summed E-state index contributed by atoms with van der Waals surface area (Å²) in [5, 5.41) is 1.84. The fourth-order valence-corrected chi connectivity index (χ4v) is 3.59. The van der Waals surface area contributed by atoms with Gasteiger partial charge in [0.1, 0.15) is 5.82 Å². The number of benzene rings is 1. The summed E-state index contributed by atoms with van der Waals surface area (Å²) in [6.07, 6.45) is 0. The van der Waals surface area contributed by atoms with Gasteiger partial charge in [-0.1, -0.05) is 18.2 Å². The fraction of sp³-hybridized carbons (Fsp3) is 0.333. The number of anilines is 1. The normalized spacial score (nSPS) is 14.5. The van der Waals surface area contributed by atoms with Crippen LogP contribution in [0.2, 0.25) is 0 Å². The second-order valence-electron chi connectivity index (χ2n) is 5.96. The van der Waals surface area contributed by atoms with E-state index in [1.165, 1.54) is 22.3 Å². The van der Waals surface area contributed by atoms with Crippen LogP contribution in [0.5, 0.6) is 0 Å². The predicted molar refractivity (Wildman–Crippen MR) is 96.5 cm³/mol. The largest absolute Gasteiger partial charge is 0.366 e. The van der Waals surface area contributed by atoms with Gasteiger partial charge >= 0.3 is 0 Å². The molecule has 1 aliphatic rings. The molecule has 1 aliphatic heterocycles. The zero-order valence-corrected chi connectivity index (χ0v) is 14.8. The third kappa shape index (κ3) is 3.99. The third-order valence-corrected chi connectivity index (χ3v) is 5.13. The van der Waals surface area contributed by atoms with Crippen LogP contribution >= 0.6 is 11.3 Å². The molecule has 25 heavy (non-hydrogen) atoms. The van der Waals surface area contributed by atoms with Crippen molar-refractivity contribution in [1.82, 2.24) is 9.80 Å². The number of rotatable bonds is 4. The summed E-state index contributed by atoms with van der Waals surface area (Å²) in [6, 6.07) is 10.2. The van der Waals surface area contributed by atoms with E-state index in [9.17, 15) is 14.0 Å². The molecule has 1 aromatic heterocycles. The summed E-state index contributed by atoms with van der Waals surface area (Å²) in [5.74, 6) is -0.475. The molecule has 0 atom stereocenters. The van der Waals surface area contributed by atoms with Crippen molar-refractivity contribution in [3.63, 3.8) is 0 Å². The number of amides is 2. The lowest BCUT2D eigenvalue weighted by atomic mass is 10.2. The van der Waals surface area contributed by atoms with Crippen molar-refractivity contribution in [3.8, 4) is 0 Å². The van der Waals surface area contributed by atoms with Crippen LogP contribution in [0.1, 0.15) is 9.67 Å². The molecule has 3 rings (SSSR count). The van der Waals surface area contributed by atoms with Gasteiger partial charge in [-0.3, -0.25) is 9.59 Å². The van der Waals surface area contributed by atoms with E-state index in [2.05, 4.69) is 0 Å². The van der Waals surface area contributed by atoms with Crippen LogP contribution < -0.4 is 4.90 Å². The number of halogens is 1. The molecule has 1 saturated heterocycles. The van der Waals surface area contributed by atoms with E-state index in [4.69, 9.17) is 0 Å². The molecule has 2 heterocycles. The molecule has 0 spiro atoms. The molecule has 0 aliphatic carbocycles. The lowest BCUT2D eigenvalue weighted by molar-refractivity contribution is -0.131. The van der Waals surface area contributed by atoms with Gasteiger partial charge in [-0.2, -0.15) is 0 Å². The first-order valence-electron chi connectivity index (χ1n) is 8.12. The molecule has 2 amide bonds. The first kappa shape index (κ1) is 17.4. The van der Waals surface area contributed by atoms with E-state index in [1.807, 2.05) is 16.3 Å². The maximum atomic E-state index is 13.9. The molecule has 2 aromatic rings. The minimum absolute atomic E-state index is 0.0520. The van der Waals surface area contributed by atoms with Gasteiger partial charge in [-0.25, -0.2) is 4.39 Å². The van der Waals surface area contributed by atoms with Gasteiger partial charge in [-0.15, -0.1) is 11.3 Å². The van der Waals surface area contributed by atoms with Gasteiger partial charge in [-0.05, 0) is 23.6 Å². The van der Waals surface area contributed by atoms with Crippen molar-refractivity contribution < 1.29 is 14.0 Å². The number of thiophene rings is 1. The topological polar surface area (TPSA) is 43.9 Å². The Morgan fingerprint density at radius 3 is 2.48 bits per heavy atom. The highest BCUT2D eigenvalue weighted by Gasteiger charge is 2.24. The van der Waals surface area contributed by atoms with Gasteiger partial charge in [0, 0.05) is 33.2 Å². The molecule has 5 nitrogen and oxygen atoms in total. The monoisotopic (exact) mass is 361 g/mol. The molecule has 0 saturated carbocycles. The zero-order valence-electron chi connectivity index (χ0n) is 14.0. The molecule has 7 heteroatoms. The molecule has 1 aromatic carbocycles. The smallest absolute Gasteiger partial charge is 0.264 e. The van der Waals surface area contributed by atoms with Gasteiger partial charge in [0.25, 0.3) is 5.91 Å². The first-order valence-corrected chi connectivity index (χ1v) is 9.00. The number of para-hydroxylation sites is 1. The summed E-state index contributed by atoms with van der Waals surface area (Å²) < 4.78 is 13.9. The molecule has 0 N–H and O–H groups in total. The van der Waals surface area contributed by atoms with Gasteiger partial charge in [0.15, 0.2) is 0 Å². The molecule has 0 radical (unpaired) electrons. The van der Waals surface area contributed by atoms with Crippen LogP contribution in [0.15, 0.2) is 41.8 Å². The van der Waals surface area contributed by atoms with E-state index < -0.39 is 0 Å². The number of carbonyl (C=O) groups excluding carboxylic acids is 2. The van der Waals surface area contributed by atoms with Gasteiger partial charge in [0.05, 0.1) is 17.1 Å². The predicted octanol–water partition coefficient (Wildman–Crippen LogP) is 2.31. The Morgan fingerprint density at radius 1 is 1.12 bits per heavy atom. The number of piperazine rings is 1. The maximum absolute atomic E-state index is 13.9. The van der Waals surface area contributed by atoms with Crippen LogP contribution in [0.25, 0.3) is 0 Å². The zero-order chi connectivity index (χ0) is 17.8. The van der Waals surface area contributed by atoms with E-state index in [-0.39, 0.29) is 24.2 Å². The van der Waals surface area contributed by atoms with Gasteiger partial charge in [0.2, 0.25) is 5.91 Å². The Labute approximate surface area is 150 Å². The lowest BCUT2D eigenvalue weighted by Gasteiger charge is -2.36. The number of carbonyl (C=O) groups is 2. The first-order chi connectivity index (χ1) is 12.1. The molecule has 132 valence electrons. The van der Waals surface area contributed by atoms with Crippen molar-refractivity contribution in [2.45, 2.75) is 0 Å². The highest BCUT2D eigenvalue weighted by Crippen LogP contribution is 2.20. The Hall–Kier alpha value is -2.41. The number of hydrogen-bond donors (Lipinski definition) is 0. The minimum atomic E-state index is -0.247. The second-order valence-corrected chi connectivity index (χ2v) is 6.91. The Balaban J connectivity index is 1.53. The van der Waals surface area contributed by atoms with E-state index >= 15 is 0 Å². The Morgan fingerprint density at radius 2 is 1.84 bits per heavy atom. The summed E-state index contributed by atoms with van der Waals surface area (Å²) in [4.78, 5) is 30.4. The van der Waals surface area contributed by atoms with Crippen LogP contribution in [-0.2, 0) is 4.79 Å². The maximum Gasteiger partial charge on any atom is 0.264 e. The van der Waals surface area contributed by atoms with Crippen LogP contribution in [0.4, 0.5) is 10.1 Å². The quantitative estimate of drug-likeness (QED) is 0.839. The lowest BCUT2D eigenvalue weighted by Crippen LogP contribution is -2.51. The highest BCUT2D eigenvalue weighted by molar-refractivity contribution is 7.12. The van der Waals surface area contributed by atoms with E-state index in [1.54, 1.807) is 36.2 Å². The highest BCUT2D eigenvalue weighted by atomic mass is 32.1. The molecular formula is C18H20FN3O2S. The van der Waals surface area contributed by atoms with Crippen molar-refractivity contribution in [2.75, 3.05) is 44.7 Å². The van der Waals surface area contributed by atoms with Crippen molar-refractivity contribution in [2.24, 2.45) is 0 Å². The van der Waals surface area contributed by atoms with Crippen molar-refractivity contribution in [3.05, 3.63) is 52.5 Å². The minimum Gasteiger partial charge on any atom is -0.366 e. The standard InChI is InChI=1S/C18H20FN3O2S/c1-20(18(24)16-7-4-12-25-16)13-17(23)22-10-8-21(9-11-22)15-6-3-2-5-14(15)19/h2-7,12H,8-11,13H2,1H3. The van der Waals surface area contributed by atoms with Crippen LogP contribution in [0.3, 0.4) is 0 Å². The van der Waals surface area contributed by atoms with Crippen LogP contribution in [0, 0.1) is 5.82 Å². The SMILES string of the molecule is CN(CC(=O)N1CCN(c2ccccc2F)CC1)C(=O)c1cccs1. The summed E-state index contributed by atoms with van der Waals surface area (Å²) in [6.45, 7) is 2.25. The third-order valence-electron chi connectivity index (χ3n) is 4.28. The Bertz CT molecular complexity index is 743. The number of nitrogens with zero attached hydrogens (tertiary/aromatic N) is 3. The Kier molecular flexibility index (Phi) is 5.33. The molecule has 0 bridgehead atoms. The fourth-order valence-electron chi connectivity index (χ4n) is 2.87. The van der Waals surface area contributed by atoms with Crippen molar-refractivity contribution >= 4 is 28.8 Å². The van der Waals surface area contributed by atoms with E-state index in [0.29, 0.717) is 36.7 Å². The van der Waals surface area contributed by atoms with Crippen LogP contribution in [-0.4, -0.2) is 61.4 Å². The van der Waals surface area contributed by atoms with Crippen molar-refractivity contribution in [1.29, 1.82) is 0 Å². The molecular weight excluding hydrogens is 341 g/mol. The van der Waals surface area contributed by atoms with E-state index in [0.717, 1.165) is 0 Å². The summed E-state index contributed by atoms with van der Waals surface area (Å²) in [7, 11) is 1.63. The number of likely N-dealkylation sites (N-methyl/N-ethyl adjacent to an activating group) is 1. The average Bonchev–Trinajstić information content (AvgIpc) is 3.16. The molecule has 1 fully saturated rings. The average molecular weight is 361 g/mol. The molecule has 0 unspecified atom stereocenters. The summed E-state index contributed by atoms with van der Waals surface area (Å²) in [5.41, 5.74) is 0.569. The summed E-state index contributed by atoms with van der Waals surface area (Å²) >= 11 is 1.36. The number of hydrogen-bond acceptors (Lipinski definition) is 4.